The van der Waals surface area contributed by atoms with Gasteiger partial charge in [0.2, 0.25) is 10.5 Å². The summed E-state index contributed by atoms with van der Waals surface area (Å²) in [7, 11) is 0. The average molecular weight is 227 g/mol. The first kappa shape index (κ1) is 12.9. The molecular weight excluding hydrogens is 215 g/mol. The smallest absolute Gasteiger partial charge is 0.250 e. The summed E-state index contributed by atoms with van der Waals surface area (Å²) in [5, 5.41) is -0.929. The number of rotatable bonds is 7. The highest BCUT2D eigenvalue weighted by atomic mass is 35.5. The molecule has 0 rings (SSSR count). The summed E-state index contributed by atoms with van der Waals surface area (Å²) in [6.07, 6.45) is 0.595. The fourth-order valence-electron chi connectivity index (χ4n) is 0.890. The third-order valence-corrected chi connectivity index (χ3v) is 1.89. The molecule has 0 radical (unpaired) electrons. The fourth-order valence-corrected chi connectivity index (χ4v) is 1.20. The second kappa shape index (κ2) is 7.30. The van der Waals surface area contributed by atoms with Gasteiger partial charge in [0.05, 0.1) is 0 Å². The van der Waals surface area contributed by atoms with Crippen LogP contribution in [0.2, 0.25) is 0 Å². The van der Waals surface area contributed by atoms with E-state index in [1.165, 1.54) is 0 Å². The maximum Gasteiger partial charge on any atom is 0.250 e. The van der Waals surface area contributed by atoms with Crippen molar-refractivity contribution in [3.63, 3.8) is 0 Å². The van der Waals surface area contributed by atoms with E-state index in [0.717, 1.165) is 0 Å². The molecule has 0 fully saturated rings. The molecule has 0 saturated carbocycles. The van der Waals surface area contributed by atoms with Crippen LogP contribution >= 0.6 is 23.2 Å². The molecule has 0 aliphatic heterocycles. The molecular formula is C8H12Cl2O3. The lowest BCUT2D eigenvalue weighted by Crippen LogP contribution is -2.20. The van der Waals surface area contributed by atoms with Crippen molar-refractivity contribution in [3.05, 3.63) is 0 Å². The molecule has 0 amide bonds. The first-order chi connectivity index (χ1) is 6.07. The van der Waals surface area contributed by atoms with Crippen molar-refractivity contribution in [2.45, 2.75) is 32.3 Å². The molecule has 0 aromatic rings. The Hall–Kier alpha value is -0.120. The van der Waals surface area contributed by atoms with Gasteiger partial charge in [-0.25, -0.2) is 0 Å². The number of carbonyl (C=O) groups is 2. The Kier molecular flexibility index (Phi) is 7.23. The van der Waals surface area contributed by atoms with Crippen LogP contribution in [0, 0.1) is 0 Å². The summed E-state index contributed by atoms with van der Waals surface area (Å²) in [6.45, 7) is 2.21. The largest absolute Gasteiger partial charge is 0.369 e. The van der Waals surface area contributed by atoms with Gasteiger partial charge in [0.1, 0.15) is 6.10 Å². The van der Waals surface area contributed by atoms with Gasteiger partial charge in [-0.05, 0) is 43.0 Å². The summed E-state index contributed by atoms with van der Waals surface area (Å²) in [6, 6.07) is 0. The monoisotopic (exact) mass is 226 g/mol. The molecule has 0 saturated heterocycles. The van der Waals surface area contributed by atoms with Crippen LogP contribution in [-0.2, 0) is 14.3 Å². The Morgan fingerprint density at radius 3 is 2.38 bits per heavy atom. The minimum atomic E-state index is -0.609. The van der Waals surface area contributed by atoms with Crippen molar-refractivity contribution >= 4 is 33.7 Å². The van der Waals surface area contributed by atoms with Gasteiger partial charge in [0, 0.05) is 13.0 Å². The van der Waals surface area contributed by atoms with E-state index in [0.29, 0.717) is 19.4 Å². The summed E-state index contributed by atoms with van der Waals surface area (Å²) in [5.74, 6) is 0. The summed E-state index contributed by atoms with van der Waals surface area (Å²) in [4.78, 5) is 21.1. The van der Waals surface area contributed by atoms with Crippen LogP contribution in [0.25, 0.3) is 0 Å². The van der Waals surface area contributed by atoms with Gasteiger partial charge in [-0.1, -0.05) is 0 Å². The second-order valence-electron chi connectivity index (χ2n) is 2.50. The topological polar surface area (TPSA) is 43.4 Å². The van der Waals surface area contributed by atoms with Gasteiger partial charge < -0.3 is 4.74 Å². The van der Waals surface area contributed by atoms with Crippen LogP contribution < -0.4 is 0 Å². The first-order valence-electron chi connectivity index (χ1n) is 4.07. The van der Waals surface area contributed by atoms with Crippen LogP contribution in [0.1, 0.15) is 26.2 Å². The molecule has 0 aromatic carbocycles. The van der Waals surface area contributed by atoms with E-state index in [1.54, 1.807) is 6.92 Å². The predicted molar refractivity (Wildman–Crippen MR) is 51.0 cm³/mol. The average Bonchev–Trinajstić information content (AvgIpc) is 2.02. The van der Waals surface area contributed by atoms with Gasteiger partial charge in [-0.15, -0.1) is 0 Å². The maximum absolute atomic E-state index is 10.7. The van der Waals surface area contributed by atoms with E-state index >= 15 is 0 Å². The molecule has 0 aliphatic carbocycles. The zero-order valence-corrected chi connectivity index (χ0v) is 8.90. The van der Waals surface area contributed by atoms with Crippen molar-refractivity contribution in [3.8, 4) is 0 Å². The third kappa shape index (κ3) is 6.99. The number of carbonyl (C=O) groups excluding carboxylic acids is 2. The Bertz CT molecular complexity index is 182. The van der Waals surface area contributed by atoms with Crippen LogP contribution in [0.5, 0.6) is 0 Å². The highest BCUT2D eigenvalue weighted by molar-refractivity contribution is 6.64. The molecule has 0 heterocycles. The summed E-state index contributed by atoms with van der Waals surface area (Å²) >= 11 is 10.4. The molecule has 0 spiro atoms. The molecule has 76 valence electrons. The molecule has 13 heavy (non-hydrogen) atoms. The Labute approximate surface area is 87.3 Å². The van der Waals surface area contributed by atoms with Crippen molar-refractivity contribution in [2.75, 3.05) is 6.61 Å². The normalized spacial score (nSPS) is 12.5. The van der Waals surface area contributed by atoms with Crippen molar-refractivity contribution in [1.82, 2.24) is 0 Å². The lowest BCUT2D eigenvalue weighted by molar-refractivity contribution is -0.123. The minimum absolute atomic E-state index is 0.245. The van der Waals surface area contributed by atoms with E-state index in [4.69, 9.17) is 27.9 Å². The molecule has 0 aliphatic rings. The fraction of sp³-hybridized carbons (Fsp3) is 0.750. The van der Waals surface area contributed by atoms with E-state index in [2.05, 4.69) is 0 Å². The van der Waals surface area contributed by atoms with E-state index in [-0.39, 0.29) is 6.42 Å². The Morgan fingerprint density at radius 1 is 1.38 bits per heavy atom. The van der Waals surface area contributed by atoms with Crippen LogP contribution in [-0.4, -0.2) is 23.2 Å². The van der Waals surface area contributed by atoms with Crippen molar-refractivity contribution in [1.29, 1.82) is 0 Å². The van der Waals surface area contributed by atoms with Crippen molar-refractivity contribution in [2.24, 2.45) is 0 Å². The summed E-state index contributed by atoms with van der Waals surface area (Å²) in [5.41, 5.74) is 0. The van der Waals surface area contributed by atoms with Crippen LogP contribution in [0.15, 0.2) is 0 Å². The zero-order chi connectivity index (χ0) is 10.3. The standard InChI is InChI=1S/C8H12Cl2O3/c1-2-13-6(8(10)12)4-3-5-7(9)11/h6H,2-5H2,1H3. The van der Waals surface area contributed by atoms with Crippen molar-refractivity contribution < 1.29 is 14.3 Å². The molecule has 0 bridgehead atoms. The molecule has 1 atom stereocenters. The first-order valence-corrected chi connectivity index (χ1v) is 4.82. The third-order valence-electron chi connectivity index (χ3n) is 1.46. The number of halogens is 2. The molecule has 5 heteroatoms. The van der Waals surface area contributed by atoms with Gasteiger partial charge in [-0.2, -0.15) is 0 Å². The van der Waals surface area contributed by atoms with Gasteiger partial charge in [0.25, 0.3) is 0 Å². The maximum atomic E-state index is 10.7. The Morgan fingerprint density at radius 2 is 2.00 bits per heavy atom. The quantitative estimate of drug-likeness (QED) is 0.625. The Balaban J connectivity index is 3.69. The SMILES string of the molecule is CCOC(CCCC(=O)Cl)C(=O)Cl. The van der Waals surface area contributed by atoms with E-state index in [9.17, 15) is 9.59 Å². The van der Waals surface area contributed by atoms with E-state index in [1.807, 2.05) is 0 Å². The lowest BCUT2D eigenvalue weighted by atomic mass is 10.2. The number of ether oxygens (including phenoxy) is 1. The summed E-state index contributed by atoms with van der Waals surface area (Å²) < 4.78 is 5.05. The highest BCUT2D eigenvalue weighted by Gasteiger charge is 2.15. The number of hydrogen-bond donors (Lipinski definition) is 0. The molecule has 0 aromatic heterocycles. The highest BCUT2D eigenvalue weighted by Crippen LogP contribution is 2.09. The number of hydrogen-bond acceptors (Lipinski definition) is 3. The predicted octanol–water partition coefficient (Wildman–Crippen LogP) is 2.09. The molecule has 1 unspecified atom stereocenters. The molecule has 3 nitrogen and oxygen atoms in total. The van der Waals surface area contributed by atoms with Gasteiger partial charge >= 0.3 is 0 Å². The van der Waals surface area contributed by atoms with Crippen LogP contribution in [0.3, 0.4) is 0 Å². The van der Waals surface area contributed by atoms with Crippen LogP contribution in [0.4, 0.5) is 0 Å². The zero-order valence-electron chi connectivity index (χ0n) is 7.39. The van der Waals surface area contributed by atoms with Gasteiger partial charge in [0.15, 0.2) is 0 Å². The molecule has 0 N–H and O–H groups in total. The lowest BCUT2D eigenvalue weighted by Gasteiger charge is -2.10. The van der Waals surface area contributed by atoms with Gasteiger partial charge in [-0.3, -0.25) is 9.59 Å². The van der Waals surface area contributed by atoms with E-state index < -0.39 is 16.6 Å². The minimum Gasteiger partial charge on any atom is -0.369 e. The second-order valence-corrected chi connectivity index (χ2v) is 3.29.